The van der Waals surface area contributed by atoms with Gasteiger partial charge in [-0.2, -0.15) is 8.42 Å². The van der Waals surface area contributed by atoms with Gasteiger partial charge in [-0.05, 0) is 212 Å². The van der Waals surface area contributed by atoms with Gasteiger partial charge in [0.05, 0.1) is 102 Å². The molecule has 1 saturated heterocycles. The first-order valence-electron chi connectivity index (χ1n) is 41.2. The van der Waals surface area contributed by atoms with Crippen LogP contribution >= 0.6 is 11.3 Å². The highest BCUT2D eigenvalue weighted by Gasteiger charge is 2.40. The van der Waals surface area contributed by atoms with E-state index in [0.717, 1.165) is 49.1 Å². The third-order valence-corrected chi connectivity index (χ3v) is 23.2. The molecule has 1 fully saturated rings. The summed E-state index contributed by atoms with van der Waals surface area (Å²) in [5.41, 5.74) is 6.57. The summed E-state index contributed by atoms with van der Waals surface area (Å²) in [6.07, 6.45) is 12.9. The van der Waals surface area contributed by atoms with Crippen LogP contribution in [0.15, 0.2) is 39.9 Å². The van der Waals surface area contributed by atoms with E-state index in [1.165, 1.54) is 64.9 Å². The van der Waals surface area contributed by atoms with Gasteiger partial charge in [-0.3, -0.25) is 9.35 Å². The Morgan fingerprint density at radius 2 is 1.21 bits per heavy atom. The van der Waals surface area contributed by atoms with Crippen molar-refractivity contribution in [2.75, 3.05) is 7.11 Å². The van der Waals surface area contributed by atoms with Crippen molar-refractivity contribution in [1.29, 1.82) is 0 Å². The summed E-state index contributed by atoms with van der Waals surface area (Å²) in [7, 11) is -3.68. The second-order valence-electron chi connectivity index (χ2n) is 32.5. The summed E-state index contributed by atoms with van der Waals surface area (Å²) in [6.45, 7) is 12.2. The average molecular weight is 1590 g/mol. The maximum absolute atomic E-state index is 14.3. The van der Waals surface area contributed by atoms with Gasteiger partial charge in [0.25, 0.3) is 0 Å². The van der Waals surface area contributed by atoms with Crippen LogP contribution in [0.3, 0.4) is 0 Å². The van der Waals surface area contributed by atoms with E-state index in [1.54, 1.807) is 32.3 Å². The number of nitrogens with two attached hydrogens (primary N) is 1. The fourth-order valence-corrected chi connectivity index (χ4v) is 16.4. The number of carbonyl (C=O) groups excluding carboxylic acids is 2. The summed E-state index contributed by atoms with van der Waals surface area (Å²) in [5, 5.41) is 137. The molecule has 0 spiro atoms. The number of hydrogen-bond acceptors (Lipinski definition) is 25. The average Bonchev–Trinajstić information content (AvgIpc) is 1.78. The predicted molar refractivity (Wildman–Crippen MR) is 419 cm³/mol. The van der Waals surface area contributed by atoms with Crippen LogP contribution in [0.5, 0.6) is 0 Å². The monoisotopic (exact) mass is 1590 g/mol. The zero-order valence-electron chi connectivity index (χ0n) is 66.8. The number of fused-ring (bicyclic) bond motifs is 2. The molecule has 0 saturated carbocycles. The lowest BCUT2D eigenvalue weighted by atomic mass is 9.88. The number of aliphatic hydroxyl groups excluding tert-OH is 12. The normalized spacial score (nSPS) is 29.7. The first kappa shape index (κ1) is 97.9. The Bertz CT molecular complexity index is 2920. The minimum absolute atomic E-state index is 0.0201. The van der Waals surface area contributed by atoms with Crippen molar-refractivity contribution in [3.8, 4) is 0 Å². The van der Waals surface area contributed by atoms with E-state index in [-0.39, 0.29) is 124 Å². The SMILES string of the molecule is CO[C@H]1/C=C/C(C)CCC(O)CC(O)CCCC(O)CCCCC(C)C(OS(=O)(=O)O)C(NC(=O)/C(C)=C/C(C)C(O)CC(O)CC(O)CCCC(O)CC(O)CC(O)CC2OC(c3csc(CCCCCCCCCC[C@@H](C)N)n3)CCC2C)C(C)OC(=O)c2coc(n2)CCC[C@@H](O)C[C@@H](O)CCC[C@@H](O)C1. The smallest absolute Gasteiger partial charge is 0.397 e. The minimum atomic E-state index is -5.24. The summed E-state index contributed by atoms with van der Waals surface area (Å²) in [4.78, 5) is 37.3. The largest absolute Gasteiger partial charge is 0.456 e. The first-order chi connectivity index (χ1) is 51.7. The number of unbranched alkanes of at least 4 members (excludes halogenated alkanes) is 7. The van der Waals surface area contributed by atoms with E-state index < -0.39 is 126 Å². The number of carbonyl (C=O) groups is 2. The zero-order chi connectivity index (χ0) is 80.6. The molecule has 0 aliphatic carbocycles. The summed E-state index contributed by atoms with van der Waals surface area (Å²) < 4.78 is 64.4. The van der Waals surface area contributed by atoms with Gasteiger partial charge in [0.15, 0.2) is 11.6 Å². The number of thiazole rings is 1. The summed E-state index contributed by atoms with van der Waals surface area (Å²) >= 11 is 1.68. The predicted octanol–water partition coefficient (Wildman–Crippen LogP) is 10.4. The highest BCUT2D eigenvalue weighted by Crippen LogP contribution is 2.38. The molecule has 2 bridgehead atoms. The number of aromatic nitrogens is 2. The number of methoxy groups -OCH3 is 1. The number of esters is 1. The van der Waals surface area contributed by atoms with Crippen LogP contribution < -0.4 is 11.1 Å². The highest BCUT2D eigenvalue weighted by molar-refractivity contribution is 7.80. The van der Waals surface area contributed by atoms with Gasteiger partial charge >= 0.3 is 16.4 Å². The molecule has 1 amide bonds. The number of oxazole rings is 1. The van der Waals surface area contributed by atoms with Gasteiger partial charge in [0.2, 0.25) is 5.91 Å². The van der Waals surface area contributed by atoms with E-state index in [0.29, 0.717) is 96.3 Å². The second kappa shape index (κ2) is 53.6. The lowest BCUT2D eigenvalue weighted by molar-refractivity contribution is -0.120. The molecule has 109 heavy (non-hydrogen) atoms. The van der Waals surface area contributed by atoms with Crippen LogP contribution in [0.1, 0.15) is 313 Å². The molecular weight excluding hydrogens is 1450 g/mol. The van der Waals surface area contributed by atoms with E-state index >= 15 is 0 Å². The second-order valence-corrected chi connectivity index (χ2v) is 34.5. The van der Waals surface area contributed by atoms with Gasteiger partial charge in [-0.15, -0.1) is 11.3 Å². The molecule has 16 N–H and O–H groups in total. The molecule has 0 aromatic carbocycles. The summed E-state index contributed by atoms with van der Waals surface area (Å²) in [5.74, 6) is -2.94. The molecule has 0 radical (unpaired) electrons. The van der Waals surface area contributed by atoms with Gasteiger partial charge in [-0.1, -0.05) is 104 Å². The third kappa shape index (κ3) is 42.6. The van der Waals surface area contributed by atoms with Crippen molar-refractivity contribution in [3.63, 3.8) is 0 Å². The van der Waals surface area contributed by atoms with Crippen LogP contribution in [0, 0.1) is 23.7 Å². The fraction of sp³-hybridized carbons (Fsp3) is 0.852. The molecule has 18 unspecified atom stereocenters. The molecule has 26 nitrogen and oxygen atoms in total. The Hall–Kier alpha value is -3.47. The molecular formula is C81H144N4O22S2. The molecule has 23 atom stereocenters. The van der Waals surface area contributed by atoms with Crippen molar-refractivity contribution in [2.24, 2.45) is 29.4 Å². The minimum Gasteiger partial charge on any atom is -0.456 e. The highest BCUT2D eigenvalue weighted by atomic mass is 32.3. The van der Waals surface area contributed by atoms with Gasteiger partial charge in [-0.25, -0.2) is 18.9 Å². The zero-order valence-corrected chi connectivity index (χ0v) is 68.4. The van der Waals surface area contributed by atoms with Gasteiger partial charge < -0.3 is 91.0 Å². The number of nitrogens with one attached hydrogen (secondary N) is 1. The number of ether oxygens (including phenoxy) is 3. The van der Waals surface area contributed by atoms with Gasteiger partial charge in [0.1, 0.15) is 24.6 Å². The van der Waals surface area contributed by atoms with Crippen molar-refractivity contribution in [1.82, 2.24) is 15.3 Å². The standard InChI is InChI=1S/C81H144N4O22S2/c1-52-35-38-66(93)43-61(88)27-19-26-59(86)25-18-17-23-54(3)79(107-109(100,101)102)78(58(7)105-81(99)71-50-104-76(83-71)33-22-32-62(89)42-60(87)28-21-31-65(92)47-70(103-8)39-36-52)85-80(98)56(5)41-55(4)73(97)48-68(95)45-64(91)30-20-29-63(90)44-67(94)46-69(96)49-75-53(2)37-40-74(106-75)72-51-108-77(84-72)34-16-14-12-10-9-11-13-15-24-57(6)82/h36,39,41,50-55,57-70,73-75,78-79,86-97H,9-35,37-38,40,42-49,82H2,1-8H3,(H,85,98)(H,100,101,102)/b39-36+,56-41+/t52?,53?,54?,55?,57-,58?,59?,60+,61?,62-,63?,64?,65-,66?,67?,68?,69?,70+,73?,74?,75?,78?,79?/m1/s1. The van der Waals surface area contributed by atoms with Gasteiger partial charge in [0, 0.05) is 42.9 Å². The maximum atomic E-state index is 14.3. The number of allylic oxidation sites excluding steroid dienone is 1. The van der Waals surface area contributed by atoms with Crippen LogP contribution in [0.25, 0.3) is 0 Å². The molecule has 2 aliphatic rings. The first-order valence-corrected chi connectivity index (χ1v) is 43.4. The number of amides is 1. The maximum Gasteiger partial charge on any atom is 0.397 e. The molecule has 28 heteroatoms. The fourth-order valence-electron chi connectivity index (χ4n) is 14.9. The molecule has 4 heterocycles. The quantitative estimate of drug-likeness (QED) is 0.0104. The van der Waals surface area contributed by atoms with Crippen molar-refractivity contribution < 1.29 is 107 Å². The van der Waals surface area contributed by atoms with Crippen molar-refractivity contribution in [3.05, 3.63) is 57.7 Å². The molecule has 4 rings (SSSR count). The Morgan fingerprint density at radius 1 is 0.651 bits per heavy atom. The Balaban J connectivity index is 1.31. The number of aryl methyl sites for hydroxylation is 2. The van der Waals surface area contributed by atoms with Crippen LogP contribution in [-0.4, -0.2) is 213 Å². The summed E-state index contributed by atoms with van der Waals surface area (Å²) in [6, 6.07) is -1.19. The molecule has 2 aromatic rings. The number of cyclic esters (lactones) is 1. The number of aliphatic hydroxyl groups is 12. The van der Waals surface area contributed by atoms with E-state index in [4.69, 9.17) is 33.5 Å². The van der Waals surface area contributed by atoms with E-state index in [2.05, 4.69) is 29.5 Å². The number of rotatable bonds is 33. The number of nitrogens with zero attached hydrogens (tertiary/aromatic N) is 2. The van der Waals surface area contributed by atoms with E-state index in [9.17, 15) is 83.8 Å². The van der Waals surface area contributed by atoms with Crippen LogP contribution in [-0.2, 0) is 46.4 Å². The molecule has 2 aliphatic heterocycles. The van der Waals surface area contributed by atoms with Crippen molar-refractivity contribution >= 4 is 33.6 Å². The Labute approximate surface area is 654 Å². The Morgan fingerprint density at radius 3 is 1.83 bits per heavy atom. The lowest BCUT2D eigenvalue weighted by Crippen LogP contribution is -2.55. The Kier molecular flexibility index (Phi) is 48.2. The van der Waals surface area contributed by atoms with E-state index in [1.807, 2.05) is 19.1 Å². The third-order valence-electron chi connectivity index (χ3n) is 21.8. The molecule has 632 valence electrons. The van der Waals surface area contributed by atoms with Crippen LogP contribution in [0.4, 0.5) is 0 Å². The lowest BCUT2D eigenvalue weighted by Gasteiger charge is -2.35. The van der Waals surface area contributed by atoms with Crippen LogP contribution in [0.2, 0.25) is 0 Å². The number of hydrogen-bond donors (Lipinski definition) is 15. The van der Waals surface area contributed by atoms with Crippen molar-refractivity contribution in [2.45, 2.75) is 408 Å². The topological polar surface area (TPSA) is 445 Å². The molecule has 2 aromatic heterocycles.